The predicted octanol–water partition coefficient (Wildman–Crippen LogP) is 0.520. The lowest BCUT2D eigenvalue weighted by atomic mass is 10.1. The number of aliphatic hydroxyl groups is 1. The van der Waals surface area contributed by atoms with E-state index in [1.54, 1.807) is 0 Å². The first kappa shape index (κ1) is 11.5. The Morgan fingerprint density at radius 2 is 2.27 bits per heavy atom. The van der Waals surface area contributed by atoms with Crippen molar-refractivity contribution in [3.63, 3.8) is 0 Å². The highest BCUT2D eigenvalue weighted by atomic mass is 19.1. The quantitative estimate of drug-likeness (QED) is 0.503. The molecule has 0 aliphatic carbocycles. The highest BCUT2D eigenvalue weighted by Gasteiger charge is 2.10. The van der Waals surface area contributed by atoms with Gasteiger partial charge in [-0.1, -0.05) is 0 Å². The van der Waals surface area contributed by atoms with Crippen molar-refractivity contribution < 1.29 is 14.3 Å². The van der Waals surface area contributed by atoms with E-state index >= 15 is 0 Å². The van der Waals surface area contributed by atoms with E-state index in [9.17, 15) is 9.18 Å². The average Bonchev–Trinajstić information content (AvgIpc) is 2.22. The maximum Gasteiger partial charge on any atom is 0.254 e. The van der Waals surface area contributed by atoms with E-state index in [1.807, 2.05) is 0 Å². The van der Waals surface area contributed by atoms with E-state index in [1.165, 1.54) is 12.1 Å². The van der Waals surface area contributed by atoms with E-state index in [0.29, 0.717) is 18.7 Å². The van der Waals surface area contributed by atoms with Crippen molar-refractivity contribution in [2.75, 3.05) is 18.9 Å². The van der Waals surface area contributed by atoms with Crippen LogP contribution in [0.3, 0.4) is 0 Å². The molecule has 0 saturated heterocycles. The standard InChI is InChI=1S/C10H13FN2O2/c11-9-3-2-7(12)6-8(9)10(15)13-4-1-5-14/h2-3,6,14H,1,4-5,12H2,(H,13,15). The normalized spacial score (nSPS) is 10.0. The van der Waals surface area contributed by atoms with Crippen molar-refractivity contribution in [2.45, 2.75) is 6.42 Å². The van der Waals surface area contributed by atoms with Crippen LogP contribution in [0, 0.1) is 5.82 Å². The number of nitrogen functional groups attached to an aromatic ring is 1. The molecule has 5 heteroatoms. The maximum atomic E-state index is 13.2. The molecule has 1 amide bonds. The average molecular weight is 212 g/mol. The zero-order valence-corrected chi connectivity index (χ0v) is 8.16. The van der Waals surface area contributed by atoms with Gasteiger partial charge in [0.25, 0.3) is 5.91 Å². The summed E-state index contributed by atoms with van der Waals surface area (Å²) in [6.07, 6.45) is 0.440. The fourth-order valence-corrected chi connectivity index (χ4v) is 1.09. The van der Waals surface area contributed by atoms with E-state index in [-0.39, 0.29) is 12.2 Å². The lowest BCUT2D eigenvalue weighted by Crippen LogP contribution is -2.26. The minimum atomic E-state index is -0.606. The Morgan fingerprint density at radius 3 is 2.93 bits per heavy atom. The molecule has 82 valence electrons. The minimum Gasteiger partial charge on any atom is -0.399 e. The number of anilines is 1. The third-order valence-electron chi connectivity index (χ3n) is 1.86. The van der Waals surface area contributed by atoms with E-state index in [2.05, 4.69) is 5.32 Å². The predicted molar refractivity (Wildman–Crippen MR) is 54.8 cm³/mol. The highest BCUT2D eigenvalue weighted by Crippen LogP contribution is 2.11. The summed E-state index contributed by atoms with van der Waals surface area (Å²) in [5, 5.41) is 11.0. The molecule has 0 radical (unpaired) electrons. The first-order chi connectivity index (χ1) is 7.15. The molecule has 0 saturated carbocycles. The first-order valence-electron chi connectivity index (χ1n) is 4.59. The summed E-state index contributed by atoms with van der Waals surface area (Å²) in [6.45, 7) is 0.295. The van der Waals surface area contributed by atoms with Gasteiger partial charge in [0.1, 0.15) is 5.82 Å². The van der Waals surface area contributed by atoms with Crippen LogP contribution < -0.4 is 11.1 Å². The molecule has 4 nitrogen and oxygen atoms in total. The van der Waals surface area contributed by atoms with Crippen molar-refractivity contribution in [1.82, 2.24) is 5.32 Å². The summed E-state index contributed by atoms with van der Waals surface area (Å²) in [5.74, 6) is -1.13. The molecule has 0 aliphatic heterocycles. The minimum absolute atomic E-state index is 0.0142. The lowest BCUT2D eigenvalue weighted by molar-refractivity contribution is 0.0947. The lowest BCUT2D eigenvalue weighted by Gasteiger charge is -2.05. The number of carbonyl (C=O) groups excluding carboxylic acids is 1. The Hall–Kier alpha value is -1.62. The Labute approximate surface area is 86.9 Å². The number of rotatable bonds is 4. The summed E-state index contributed by atoms with van der Waals surface area (Å²) in [7, 11) is 0. The van der Waals surface area contributed by atoms with Gasteiger partial charge in [-0.2, -0.15) is 0 Å². The van der Waals surface area contributed by atoms with Gasteiger partial charge in [0.05, 0.1) is 5.56 Å². The Bertz CT molecular complexity index is 355. The van der Waals surface area contributed by atoms with E-state index < -0.39 is 11.7 Å². The summed E-state index contributed by atoms with van der Waals surface area (Å²) in [4.78, 5) is 11.4. The number of amides is 1. The number of hydrogen-bond acceptors (Lipinski definition) is 3. The van der Waals surface area contributed by atoms with Crippen molar-refractivity contribution in [3.8, 4) is 0 Å². The smallest absolute Gasteiger partial charge is 0.254 e. The molecule has 0 heterocycles. The molecule has 0 bridgehead atoms. The van der Waals surface area contributed by atoms with Gasteiger partial charge in [-0.25, -0.2) is 4.39 Å². The second-order valence-corrected chi connectivity index (χ2v) is 3.07. The second kappa shape index (κ2) is 5.31. The monoisotopic (exact) mass is 212 g/mol. The van der Waals surface area contributed by atoms with Gasteiger partial charge in [0.15, 0.2) is 0 Å². The van der Waals surface area contributed by atoms with Gasteiger partial charge < -0.3 is 16.2 Å². The van der Waals surface area contributed by atoms with Crippen LogP contribution in [-0.4, -0.2) is 24.2 Å². The number of benzene rings is 1. The number of hydrogen-bond donors (Lipinski definition) is 3. The Kier molecular flexibility index (Phi) is 4.05. The van der Waals surface area contributed by atoms with Crippen LogP contribution >= 0.6 is 0 Å². The molecule has 0 aliphatic rings. The van der Waals surface area contributed by atoms with E-state index in [4.69, 9.17) is 10.8 Å². The molecule has 0 fully saturated rings. The fraction of sp³-hybridized carbons (Fsp3) is 0.300. The topological polar surface area (TPSA) is 75.4 Å². The molecule has 0 aromatic heterocycles. The molecule has 0 atom stereocenters. The Morgan fingerprint density at radius 1 is 1.53 bits per heavy atom. The van der Waals surface area contributed by atoms with Crippen LogP contribution in [-0.2, 0) is 0 Å². The van der Waals surface area contributed by atoms with Gasteiger partial charge >= 0.3 is 0 Å². The molecule has 1 aromatic rings. The molecular weight excluding hydrogens is 199 g/mol. The van der Waals surface area contributed by atoms with Crippen LogP contribution in [0.4, 0.5) is 10.1 Å². The van der Waals surface area contributed by atoms with Crippen molar-refractivity contribution >= 4 is 11.6 Å². The number of aliphatic hydroxyl groups excluding tert-OH is 1. The highest BCUT2D eigenvalue weighted by molar-refractivity contribution is 5.95. The molecule has 0 unspecified atom stereocenters. The fourth-order valence-electron chi connectivity index (χ4n) is 1.09. The third-order valence-corrected chi connectivity index (χ3v) is 1.86. The summed E-state index contributed by atoms with van der Waals surface area (Å²) >= 11 is 0. The van der Waals surface area contributed by atoms with E-state index in [0.717, 1.165) is 6.07 Å². The maximum absolute atomic E-state index is 13.2. The number of halogens is 1. The van der Waals surface area contributed by atoms with Crippen molar-refractivity contribution in [3.05, 3.63) is 29.6 Å². The molecule has 0 spiro atoms. The second-order valence-electron chi connectivity index (χ2n) is 3.07. The Balaban J connectivity index is 2.68. The molecule has 1 rings (SSSR count). The largest absolute Gasteiger partial charge is 0.399 e. The molecular formula is C10H13FN2O2. The van der Waals surface area contributed by atoms with Crippen LogP contribution in [0.5, 0.6) is 0 Å². The first-order valence-corrected chi connectivity index (χ1v) is 4.59. The van der Waals surface area contributed by atoms with Gasteiger partial charge in [-0.05, 0) is 24.6 Å². The SMILES string of the molecule is Nc1ccc(F)c(C(=O)NCCCO)c1. The van der Waals surface area contributed by atoms with Crippen LogP contribution in [0.15, 0.2) is 18.2 Å². The van der Waals surface area contributed by atoms with Crippen LogP contribution in [0.2, 0.25) is 0 Å². The van der Waals surface area contributed by atoms with Crippen LogP contribution in [0.25, 0.3) is 0 Å². The van der Waals surface area contributed by atoms with Gasteiger partial charge in [-0.3, -0.25) is 4.79 Å². The van der Waals surface area contributed by atoms with Crippen molar-refractivity contribution in [1.29, 1.82) is 0 Å². The number of carbonyl (C=O) groups is 1. The summed E-state index contributed by atoms with van der Waals surface area (Å²) in [5.41, 5.74) is 5.69. The molecule has 1 aromatic carbocycles. The van der Waals surface area contributed by atoms with Gasteiger partial charge in [0.2, 0.25) is 0 Å². The molecule has 4 N–H and O–H groups in total. The zero-order valence-electron chi connectivity index (χ0n) is 8.16. The summed E-state index contributed by atoms with van der Waals surface area (Å²) < 4.78 is 13.2. The number of nitrogens with two attached hydrogens (primary N) is 1. The summed E-state index contributed by atoms with van der Waals surface area (Å²) in [6, 6.07) is 3.82. The molecule has 15 heavy (non-hydrogen) atoms. The van der Waals surface area contributed by atoms with Gasteiger partial charge in [0, 0.05) is 18.8 Å². The van der Waals surface area contributed by atoms with Crippen molar-refractivity contribution in [2.24, 2.45) is 0 Å². The number of nitrogens with one attached hydrogen (secondary N) is 1. The van der Waals surface area contributed by atoms with Crippen LogP contribution in [0.1, 0.15) is 16.8 Å². The van der Waals surface area contributed by atoms with Gasteiger partial charge in [-0.15, -0.1) is 0 Å². The third kappa shape index (κ3) is 3.21. The zero-order chi connectivity index (χ0) is 11.3.